The van der Waals surface area contributed by atoms with Gasteiger partial charge in [0.05, 0.1) is 12.5 Å². The standard InChI is InChI=1S/C7H4ClNO3S/c8-6-4-9-7(13(6,10)11)5-2-1-3-12-5/h1-4H. The first-order valence-corrected chi connectivity index (χ1v) is 5.21. The second-order valence-electron chi connectivity index (χ2n) is 2.35. The zero-order valence-corrected chi connectivity index (χ0v) is 7.84. The summed E-state index contributed by atoms with van der Waals surface area (Å²) in [6, 6.07) is 3.10. The first kappa shape index (κ1) is 8.52. The van der Waals surface area contributed by atoms with E-state index in [1.165, 1.54) is 12.3 Å². The van der Waals surface area contributed by atoms with E-state index in [1.54, 1.807) is 6.07 Å². The van der Waals surface area contributed by atoms with E-state index < -0.39 is 9.84 Å². The van der Waals surface area contributed by atoms with E-state index >= 15 is 0 Å². The minimum absolute atomic E-state index is 0.137. The lowest BCUT2D eigenvalue weighted by molar-refractivity contribution is 0.558. The summed E-state index contributed by atoms with van der Waals surface area (Å²) in [5, 5.41) is -0.137. The summed E-state index contributed by atoms with van der Waals surface area (Å²) >= 11 is 5.43. The van der Waals surface area contributed by atoms with Gasteiger partial charge in [-0.25, -0.2) is 13.4 Å². The Hall–Kier alpha value is -1.07. The molecule has 0 aromatic carbocycles. The summed E-state index contributed by atoms with van der Waals surface area (Å²) in [7, 11) is -3.61. The van der Waals surface area contributed by atoms with E-state index in [4.69, 9.17) is 16.0 Å². The Morgan fingerprint density at radius 2 is 2.23 bits per heavy atom. The Labute approximate surface area is 79.4 Å². The predicted octanol–water partition coefficient (Wildman–Crippen LogP) is 1.49. The number of furan rings is 1. The molecule has 2 rings (SSSR count). The molecule has 0 bridgehead atoms. The monoisotopic (exact) mass is 217 g/mol. The first-order valence-electron chi connectivity index (χ1n) is 3.35. The number of nitrogens with zero attached hydrogens (tertiary/aromatic N) is 1. The predicted molar refractivity (Wildman–Crippen MR) is 48.1 cm³/mol. The van der Waals surface area contributed by atoms with Crippen molar-refractivity contribution in [1.82, 2.24) is 0 Å². The topological polar surface area (TPSA) is 59.6 Å². The molecule has 1 aliphatic heterocycles. The van der Waals surface area contributed by atoms with Crippen molar-refractivity contribution in [3.63, 3.8) is 0 Å². The van der Waals surface area contributed by atoms with Gasteiger partial charge in [-0.2, -0.15) is 0 Å². The minimum Gasteiger partial charge on any atom is -0.462 e. The maximum atomic E-state index is 11.4. The summed E-state index contributed by atoms with van der Waals surface area (Å²) in [4.78, 5) is 3.65. The Morgan fingerprint density at radius 1 is 1.46 bits per heavy atom. The molecule has 0 saturated heterocycles. The maximum Gasteiger partial charge on any atom is 0.239 e. The molecule has 1 aromatic rings. The van der Waals surface area contributed by atoms with E-state index in [9.17, 15) is 8.42 Å². The normalized spacial score (nSPS) is 19.8. The number of aliphatic imine (C=N–C) groups is 1. The summed E-state index contributed by atoms with van der Waals surface area (Å²) < 4.78 is 27.4. The largest absolute Gasteiger partial charge is 0.462 e. The zero-order valence-electron chi connectivity index (χ0n) is 6.27. The molecule has 1 aromatic heterocycles. The van der Waals surface area contributed by atoms with Crippen molar-refractivity contribution in [2.45, 2.75) is 0 Å². The van der Waals surface area contributed by atoms with Gasteiger partial charge in [0.2, 0.25) is 14.9 Å². The molecule has 68 valence electrons. The lowest BCUT2D eigenvalue weighted by Gasteiger charge is -1.95. The number of sulfone groups is 1. The number of hydrogen-bond acceptors (Lipinski definition) is 4. The summed E-state index contributed by atoms with van der Waals surface area (Å²) in [5.74, 6) is 0.201. The van der Waals surface area contributed by atoms with Crippen LogP contribution in [0, 0.1) is 0 Å². The van der Waals surface area contributed by atoms with Gasteiger partial charge in [0.1, 0.15) is 0 Å². The molecule has 6 heteroatoms. The molecule has 0 aliphatic carbocycles. The van der Waals surface area contributed by atoms with Crippen molar-refractivity contribution in [2.24, 2.45) is 4.99 Å². The highest BCUT2D eigenvalue weighted by atomic mass is 35.5. The second-order valence-corrected chi connectivity index (χ2v) is 4.81. The van der Waals surface area contributed by atoms with E-state index in [-0.39, 0.29) is 15.2 Å². The summed E-state index contributed by atoms with van der Waals surface area (Å²) in [6.07, 6.45) is 2.47. The molecule has 1 aliphatic rings. The van der Waals surface area contributed by atoms with Crippen LogP contribution in [0.15, 0.2) is 38.4 Å². The van der Waals surface area contributed by atoms with Crippen molar-refractivity contribution in [2.75, 3.05) is 0 Å². The Bertz CT molecular complexity index is 484. The molecule has 0 N–H and O–H groups in total. The highest BCUT2D eigenvalue weighted by Gasteiger charge is 2.31. The van der Waals surface area contributed by atoms with Crippen molar-refractivity contribution in [1.29, 1.82) is 0 Å². The maximum absolute atomic E-state index is 11.4. The highest BCUT2D eigenvalue weighted by molar-refractivity contribution is 8.11. The Morgan fingerprint density at radius 3 is 2.69 bits per heavy atom. The average molecular weight is 218 g/mol. The molecule has 0 atom stereocenters. The van der Waals surface area contributed by atoms with Gasteiger partial charge < -0.3 is 4.42 Å². The molecule has 0 spiro atoms. The third-order valence-electron chi connectivity index (χ3n) is 1.53. The van der Waals surface area contributed by atoms with Gasteiger partial charge in [0, 0.05) is 0 Å². The van der Waals surface area contributed by atoms with E-state index in [1.807, 2.05) is 0 Å². The molecular weight excluding hydrogens is 214 g/mol. The van der Waals surface area contributed by atoms with Crippen molar-refractivity contribution < 1.29 is 12.8 Å². The van der Waals surface area contributed by atoms with Crippen LogP contribution in [0.25, 0.3) is 0 Å². The molecule has 13 heavy (non-hydrogen) atoms. The van der Waals surface area contributed by atoms with Gasteiger partial charge in [0.25, 0.3) is 0 Å². The molecule has 0 unspecified atom stereocenters. The Kier molecular flexibility index (Phi) is 1.78. The minimum atomic E-state index is -3.61. The van der Waals surface area contributed by atoms with Gasteiger partial charge in [-0.3, -0.25) is 0 Å². The fraction of sp³-hybridized carbons (Fsp3) is 0. The van der Waals surface area contributed by atoms with E-state index in [0.29, 0.717) is 0 Å². The number of halogens is 1. The fourth-order valence-corrected chi connectivity index (χ4v) is 2.15. The van der Waals surface area contributed by atoms with Gasteiger partial charge in [-0.05, 0) is 12.1 Å². The highest BCUT2D eigenvalue weighted by Crippen LogP contribution is 2.24. The van der Waals surface area contributed by atoms with Crippen LogP contribution in [-0.4, -0.2) is 13.5 Å². The van der Waals surface area contributed by atoms with Crippen LogP contribution in [0.4, 0.5) is 0 Å². The van der Waals surface area contributed by atoms with Crippen LogP contribution in [0.5, 0.6) is 0 Å². The lowest BCUT2D eigenvalue weighted by atomic mass is 10.5. The smallest absolute Gasteiger partial charge is 0.239 e. The average Bonchev–Trinajstić information content (AvgIpc) is 2.62. The third kappa shape index (κ3) is 1.20. The Balaban J connectivity index is 2.54. The van der Waals surface area contributed by atoms with Gasteiger partial charge in [-0.15, -0.1) is 0 Å². The van der Waals surface area contributed by atoms with Crippen LogP contribution in [0.1, 0.15) is 5.76 Å². The molecule has 0 fully saturated rings. The van der Waals surface area contributed by atoms with Crippen LogP contribution >= 0.6 is 11.6 Å². The second kappa shape index (κ2) is 2.71. The quantitative estimate of drug-likeness (QED) is 0.716. The summed E-state index contributed by atoms with van der Waals surface area (Å²) in [5.41, 5.74) is 0. The SMILES string of the molecule is O=S1(=O)C(Cl)=CN=C1c1ccco1. The van der Waals surface area contributed by atoms with Crippen LogP contribution < -0.4 is 0 Å². The van der Waals surface area contributed by atoms with Crippen LogP contribution in [0.2, 0.25) is 0 Å². The number of hydrogen-bond donors (Lipinski definition) is 0. The van der Waals surface area contributed by atoms with Crippen molar-refractivity contribution in [3.05, 3.63) is 34.7 Å². The van der Waals surface area contributed by atoms with Gasteiger partial charge in [-0.1, -0.05) is 11.6 Å². The van der Waals surface area contributed by atoms with Gasteiger partial charge >= 0.3 is 0 Å². The summed E-state index contributed by atoms with van der Waals surface area (Å²) in [6.45, 7) is 0. The lowest BCUT2D eigenvalue weighted by Crippen LogP contribution is -2.11. The zero-order chi connectivity index (χ0) is 9.47. The molecular formula is C7H4ClNO3S. The molecule has 0 saturated carbocycles. The fourth-order valence-electron chi connectivity index (χ4n) is 0.937. The molecule has 0 amide bonds. The van der Waals surface area contributed by atoms with E-state index in [2.05, 4.69) is 4.99 Å². The van der Waals surface area contributed by atoms with Crippen molar-refractivity contribution in [3.8, 4) is 0 Å². The first-order chi connectivity index (χ1) is 6.12. The third-order valence-corrected chi connectivity index (χ3v) is 3.67. The van der Waals surface area contributed by atoms with Crippen LogP contribution in [0.3, 0.4) is 0 Å². The number of rotatable bonds is 1. The van der Waals surface area contributed by atoms with Crippen molar-refractivity contribution >= 4 is 26.5 Å². The molecule has 0 radical (unpaired) electrons. The van der Waals surface area contributed by atoms with Gasteiger partial charge in [0.15, 0.2) is 10.1 Å². The molecule has 2 heterocycles. The van der Waals surface area contributed by atoms with E-state index in [0.717, 1.165) is 6.20 Å². The van der Waals surface area contributed by atoms with Crippen LogP contribution in [-0.2, 0) is 9.84 Å². The molecule has 4 nitrogen and oxygen atoms in total.